The van der Waals surface area contributed by atoms with Gasteiger partial charge in [0, 0.05) is 39.2 Å². The number of aliphatic hydroxyl groups is 1. The summed E-state index contributed by atoms with van der Waals surface area (Å²) >= 11 is 0. The van der Waals surface area contributed by atoms with E-state index in [-0.39, 0.29) is 32.2 Å². The van der Waals surface area contributed by atoms with Crippen LogP contribution in [0.25, 0.3) is 6.08 Å². The van der Waals surface area contributed by atoms with Gasteiger partial charge < -0.3 is 39.0 Å². The van der Waals surface area contributed by atoms with Gasteiger partial charge in [-0.1, -0.05) is 91.0 Å². The Hall–Kier alpha value is -4.96. The number of esters is 2. The van der Waals surface area contributed by atoms with Crippen molar-refractivity contribution in [1.82, 2.24) is 15.3 Å². The summed E-state index contributed by atoms with van der Waals surface area (Å²) in [5, 5.41) is 15.0. The van der Waals surface area contributed by atoms with E-state index in [1.807, 2.05) is 66.7 Å². The van der Waals surface area contributed by atoms with Gasteiger partial charge >= 0.3 is 11.9 Å². The molecule has 14 heteroatoms. The Morgan fingerprint density at radius 3 is 2.38 bits per heavy atom. The molecule has 11 atom stereocenters. The highest BCUT2D eigenvalue weighted by Gasteiger charge is 2.77. The van der Waals surface area contributed by atoms with Crippen LogP contribution in [0, 0.1) is 11.3 Å². The van der Waals surface area contributed by atoms with Crippen LogP contribution in [0.2, 0.25) is 0 Å². The molecule has 350 valence electrons. The summed E-state index contributed by atoms with van der Waals surface area (Å²) in [4.78, 5) is 66.4. The van der Waals surface area contributed by atoms with Crippen molar-refractivity contribution in [3.8, 4) is 0 Å². The van der Waals surface area contributed by atoms with Gasteiger partial charge in [0.05, 0.1) is 31.4 Å². The van der Waals surface area contributed by atoms with E-state index >= 15 is 4.79 Å². The third-order valence-electron chi connectivity index (χ3n) is 14.7. The van der Waals surface area contributed by atoms with Gasteiger partial charge in [0.25, 0.3) is 0 Å². The fourth-order valence-corrected chi connectivity index (χ4v) is 11.5. The first-order valence-corrected chi connectivity index (χ1v) is 23.6. The Morgan fingerprint density at radius 1 is 0.939 bits per heavy atom. The second kappa shape index (κ2) is 17.6. The second-order valence-electron chi connectivity index (χ2n) is 20.4. The molecule has 1 spiro atoms. The average Bonchev–Trinajstić information content (AvgIpc) is 3.64. The number of aliphatic hydroxyl groups excluding tert-OH is 1. The lowest BCUT2D eigenvalue weighted by Gasteiger charge is -2.50. The summed E-state index contributed by atoms with van der Waals surface area (Å²) in [6.45, 7) is 5.06. The Balaban J connectivity index is 0.975. The summed E-state index contributed by atoms with van der Waals surface area (Å²) in [7, 11) is 1.59. The number of carbonyl (C=O) groups is 4. The Morgan fingerprint density at radius 2 is 1.65 bits per heavy atom. The molecule has 3 aromatic rings. The molecule has 2 bridgehead atoms. The lowest BCUT2D eigenvalue weighted by molar-refractivity contribution is -0.218. The molecule has 4 heterocycles. The first-order chi connectivity index (χ1) is 31.7. The number of fused-ring (bicyclic) bond motifs is 6. The number of hydrogen-bond acceptors (Lipinski definition) is 12. The van der Waals surface area contributed by atoms with E-state index in [1.165, 1.54) is 4.90 Å². The van der Waals surface area contributed by atoms with Crippen molar-refractivity contribution in [2.75, 3.05) is 13.7 Å². The molecule has 4 saturated heterocycles. The standard InChI is InChI=1S/C52H61N3O11/c1-50(2,3)63-42(57)23-21-37(30-56)53-47(58)38(24-31-12-6-5-7-13-31)54(4)49(60)52-28-41-43-44(65-51(64-43)26-34-15-9-10-16-35(34)27-51)46(52)66-55(45(52)48(59)62-41)29-36-17-11-8-14-33(36)20-18-32-19-22-39-40(25-32)61-39/h5-18,20,32,37-41,43-46,56H,19,21-30H2,1-4H3,(H,53,58)/t32?,37-,38+,39?,40?,41+,43-,44-,45-,46+,52-/m0/s1. The normalized spacial score (nSPS) is 31.1. The fourth-order valence-electron chi connectivity index (χ4n) is 11.5. The van der Waals surface area contributed by atoms with Gasteiger partial charge in [-0.2, -0.15) is 5.06 Å². The van der Waals surface area contributed by atoms with Crippen LogP contribution in [0.5, 0.6) is 0 Å². The number of nitrogens with zero attached hydrogens (tertiary/aromatic N) is 2. The number of epoxide rings is 1. The van der Waals surface area contributed by atoms with Crippen LogP contribution in [0.4, 0.5) is 0 Å². The molecule has 3 aromatic carbocycles. The molecule has 3 unspecified atom stereocenters. The molecule has 4 aliphatic heterocycles. The molecule has 0 radical (unpaired) electrons. The zero-order valence-electron chi connectivity index (χ0n) is 38.1. The van der Waals surface area contributed by atoms with Gasteiger partial charge in [0.1, 0.15) is 41.5 Å². The number of amides is 2. The van der Waals surface area contributed by atoms with Crippen LogP contribution in [0.1, 0.15) is 87.1 Å². The van der Waals surface area contributed by atoms with E-state index in [9.17, 15) is 19.5 Å². The molecule has 14 nitrogen and oxygen atoms in total. The SMILES string of the molecule is CN(C(=O)[C@@]12C[C@H]3OC(=O)[C@@H]1N(Cc1ccccc1C=CC1CCC4OC4C1)O[C@@H]2[C@H]1OC2(Cc4ccccc4C2)O[C@H]13)[C@H](Cc1ccccc1)C(=O)N[C@H](CO)CCC(=O)OC(C)(C)C. The van der Waals surface area contributed by atoms with Crippen molar-refractivity contribution < 1.29 is 52.8 Å². The number of hydroxylamine groups is 2. The third-order valence-corrected chi connectivity index (χ3v) is 14.7. The monoisotopic (exact) mass is 903 g/mol. The van der Waals surface area contributed by atoms with Crippen LogP contribution in [-0.2, 0) is 73.5 Å². The van der Waals surface area contributed by atoms with E-state index in [0.717, 1.165) is 47.1 Å². The summed E-state index contributed by atoms with van der Waals surface area (Å²) in [5.41, 5.74) is 2.65. The minimum Gasteiger partial charge on any atom is -0.460 e. The summed E-state index contributed by atoms with van der Waals surface area (Å²) in [5.74, 6) is -2.67. The quantitative estimate of drug-likeness (QED) is 0.164. The number of likely N-dealkylation sites (N-methyl/N-ethyl adjacent to an activating group) is 1. The number of hydrogen-bond donors (Lipinski definition) is 2. The molecule has 3 aliphatic carbocycles. The number of nitrogens with one attached hydrogen (secondary N) is 1. The molecule has 6 fully saturated rings. The van der Waals surface area contributed by atoms with E-state index in [0.29, 0.717) is 31.0 Å². The van der Waals surface area contributed by atoms with Gasteiger partial charge in [-0.3, -0.25) is 24.0 Å². The summed E-state index contributed by atoms with van der Waals surface area (Å²) in [6, 6.07) is 22.4. The van der Waals surface area contributed by atoms with Crippen LogP contribution in [-0.4, -0.2) is 119 Å². The zero-order chi connectivity index (χ0) is 46.0. The maximum Gasteiger partial charge on any atom is 0.327 e. The first-order valence-electron chi connectivity index (χ1n) is 23.6. The highest BCUT2D eigenvalue weighted by atomic mass is 16.8. The van der Waals surface area contributed by atoms with Crippen LogP contribution in [0.15, 0.2) is 84.9 Å². The maximum absolute atomic E-state index is 15.9. The highest BCUT2D eigenvalue weighted by molar-refractivity contribution is 5.96. The number of rotatable bonds is 14. The molecule has 66 heavy (non-hydrogen) atoms. The molecule has 2 N–H and O–H groups in total. The van der Waals surface area contributed by atoms with Crippen LogP contribution in [0.3, 0.4) is 0 Å². The van der Waals surface area contributed by atoms with Crippen molar-refractivity contribution in [3.63, 3.8) is 0 Å². The van der Waals surface area contributed by atoms with E-state index < -0.39 is 89.7 Å². The number of ether oxygens (including phenoxy) is 5. The molecular formula is C52H61N3O11. The fraction of sp³-hybridized carbons (Fsp3) is 0.538. The summed E-state index contributed by atoms with van der Waals surface area (Å²) < 4.78 is 31.5. The van der Waals surface area contributed by atoms with E-state index in [1.54, 1.807) is 32.9 Å². The topological polar surface area (TPSA) is 166 Å². The lowest BCUT2D eigenvalue weighted by Crippen LogP contribution is -2.70. The first kappa shape index (κ1) is 44.9. The molecule has 2 saturated carbocycles. The Bertz CT molecular complexity index is 2340. The zero-order valence-corrected chi connectivity index (χ0v) is 38.1. The van der Waals surface area contributed by atoms with Crippen molar-refractivity contribution in [2.24, 2.45) is 11.3 Å². The van der Waals surface area contributed by atoms with E-state index in [2.05, 4.69) is 29.6 Å². The largest absolute Gasteiger partial charge is 0.460 e. The molecular weight excluding hydrogens is 843 g/mol. The predicted molar refractivity (Wildman–Crippen MR) is 240 cm³/mol. The van der Waals surface area contributed by atoms with Gasteiger partial charge in [0.2, 0.25) is 11.8 Å². The smallest absolute Gasteiger partial charge is 0.327 e. The summed E-state index contributed by atoms with van der Waals surface area (Å²) in [6.07, 6.45) is 6.26. The van der Waals surface area contributed by atoms with Crippen molar-refractivity contribution >= 4 is 29.8 Å². The van der Waals surface area contributed by atoms with Gasteiger partial charge in [-0.05, 0) is 80.2 Å². The number of benzene rings is 3. The average molecular weight is 904 g/mol. The van der Waals surface area contributed by atoms with Crippen LogP contribution >= 0.6 is 0 Å². The molecule has 10 rings (SSSR count). The second-order valence-corrected chi connectivity index (χ2v) is 20.4. The van der Waals surface area contributed by atoms with Crippen molar-refractivity contribution in [1.29, 1.82) is 0 Å². The van der Waals surface area contributed by atoms with Gasteiger partial charge in [-0.25, -0.2) is 0 Å². The van der Waals surface area contributed by atoms with Crippen LogP contribution < -0.4 is 5.32 Å². The third kappa shape index (κ3) is 8.60. The maximum atomic E-state index is 15.9. The van der Waals surface area contributed by atoms with Crippen molar-refractivity contribution in [3.05, 3.63) is 113 Å². The minimum absolute atomic E-state index is 0.0312. The minimum atomic E-state index is -1.55. The number of allylic oxidation sites excluding steroid dienone is 1. The predicted octanol–water partition coefficient (Wildman–Crippen LogP) is 5.02. The van der Waals surface area contributed by atoms with E-state index in [4.69, 9.17) is 28.5 Å². The Labute approximate surface area is 385 Å². The highest BCUT2D eigenvalue weighted by Crippen LogP contribution is 2.59. The molecule has 7 aliphatic rings. The molecule has 2 amide bonds. The number of carbonyl (C=O) groups excluding carboxylic acids is 4. The van der Waals surface area contributed by atoms with Crippen molar-refractivity contribution in [2.45, 2.75) is 151 Å². The lowest BCUT2D eigenvalue weighted by atomic mass is 9.62. The van der Waals surface area contributed by atoms with Gasteiger partial charge in [0.15, 0.2) is 11.8 Å². The Kier molecular flexibility index (Phi) is 12.0. The van der Waals surface area contributed by atoms with Gasteiger partial charge in [-0.15, -0.1) is 0 Å². The molecule has 0 aromatic heterocycles.